The van der Waals surface area contributed by atoms with Gasteiger partial charge in [0.25, 0.3) is 0 Å². The number of nitrogens with zero attached hydrogens (tertiary/aromatic N) is 2. The SMILES string of the molecule is CC(=Cc1ccc(-n2cccc2)cc1)[N+](=O)[O-]. The second-order valence-electron chi connectivity index (χ2n) is 3.72. The predicted molar refractivity (Wildman–Crippen MR) is 66.4 cm³/mol. The highest BCUT2D eigenvalue weighted by molar-refractivity contribution is 5.53. The Bertz CT molecular complexity index is 539. The molecule has 0 saturated heterocycles. The summed E-state index contributed by atoms with van der Waals surface area (Å²) in [5.41, 5.74) is 2.00. The van der Waals surface area contributed by atoms with Gasteiger partial charge in [-0.2, -0.15) is 0 Å². The Morgan fingerprint density at radius 2 is 1.82 bits per heavy atom. The van der Waals surface area contributed by atoms with Crippen molar-refractivity contribution in [3.63, 3.8) is 0 Å². The zero-order valence-corrected chi connectivity index (χ0v) is 9.41. The van der Waals surface area contributed by atoms with E-state index in [0.717, 1.165) is 11.3 Å². The number of allylic oxidation sites excluding steroid dienone is 1. The average Bonchev–Trinajstić information content (AvgIpc) is 2.83. The van der Waals surface area contributed by atoms with Gasteiger partial charge in [-0.1, -0.05) is 12.1 Å². The molecular weight excluding hydrogens is 216 g/mol. The van der Waals surface area contributed by atoms with Crippen molar-refractivity contribution in [2.24, 2.45) is 0 Å². The first-order valence-electron chi connectivity index (χ1n) is 5.23. The molecule has 1 aromatic heterocycles. The summed E-state index contributed by atoms with van der Waals surface area (Å²) in [6.45, 7) is 1.49. The van der Waals surface area contributed by atoms with Gasteiger partial charge >= 0.3 is 0 Å². The van der Waals surface area contributed by atoms with Gasteiger partial charge in [-0.15, -0.1) is 0 Å². The molecule has 0 fully saturated rings. The largest absolute Gasteiger partial charge is 0.324 e. The van der Waals surface area contributed by atoms with Gasteiger partial charge in [0.05, 0.1) is 4.92 Å². The Morgan fingerprint density at radius 1 is 1.24 bits per heavy atom. The summed E-state index contributed by atoms with van der Waals surface area (Å²) >= 11 is 0. The van der Waals surface area contributed by atoms with Crippen LogP contribution in [0.3, 0.4) is 0 Å². The molecule has 1 aromatic carbocycles. The molecule has 0 aliphatic rings. The molecule has 0 N–H and O–H groups in total. The fraction of sp³-hybridized carbons (Fsp3) is 0.0769. The smallest absolute Gasteiger partial charge is 0.243 e. The van der Waals surface area contributed by atoms with Gasteiger partial charge in [0.1, 0.15) is 0 Å². The molecule has 4 nitrogen and oxygen atoms in total. The minimum atomic E-state index is -0.389. The second kappa shape index (κ2) is 4.65. The van der Waals surface area contributed by atoms with Crippen LogP contribution >= 0.6 is 0 Å². The Balaban J connectivity index is 2.25. The molecule has 0 radical (unpaired) electrons. The minimum Gasteiger partial charge on any atom is -0.324 e. The van der Waals surface area contributed by atoms with E-state index in [9.17, 15) is 10.1 Å². The van der Waals surface area contributed by atoms with Gasteiger partial charge in [-0.3, -0.25) is 10.1 Å². The summed E-state index contributed by atoms with van der Waals surface area (Å²) < 4.78 is 1.98. The number of rotatable bonds is 3. The molecule has 0 saturated carbocycles. The summed E-state index contributed by atoms with van der Waals surface area (Å²) in [6.07, 6.45) is 5.46. The van der Waals surface area contributed by atoms with Gasteiger partial charge in [0, 0.05) is 31.1 Å². The molecule has 0 bridgehead atoms. The van der Waals surface area contributed by atoms with Crippen LogP contribution in [0.1, 0.15) is 12.5 Å². The lowest BCUT2D eigenvalue weighted by molar-refractivity contribution is -0.422. The summed E-state index contributed by atoms with van der Waals surface area (Å²) in [5.74, 6) is 0. The number of hydrogen-bond acceptors (Lipinski definition) is 2. The molecule has 1 heterocycles. The Hall–Kier alpha value is -2.36. The van der Waals surface area contributed by atoms with Crippen LogP contribution in [-0.2, 0) is 0 Å². The molecule has 4 heteroatoms. The highest BCUT2D eigenvalue weighted by Crippen LogP contribution is 2.12. The molecule has 2 rings (SSSR count). The number of aromatic nitrogens is 1. The van der Waals surface area contributed by atoms with Gasteiger partial charge in [0.15, 0.2) is 0 Å². The first-order chi connectivity index (χ1) is 8.16. The summed E-state index contributed by atoms with van der Waals surface area (Å²) in [4.78, 5) is 10.1. The third-order valence-electron chi connectivity index (χ3n) is 2.46. The van der Waals surface area contributed by atoms with Gasteiger partial charge in [0.2, 0.25) is 5.70 Å². The molecule has 0 aliphatic carbocycles. The third kappa shape index (κ3) is 2.60. The predicted octanol–water partition coefficient (Wildman–Crippen LogP) is 3.11. The number of nitro groups is 1. The van der Waals surface area contributed by atoms with Crippen molar-refractivity contribution in [3.8, 4) is 5.69 Å². The minimum absolute atomic E-state index is 0.138. The van der Waals surface area contributed by atoms with Crippen LogP contribution in [0.15, 0.2) is 54.5 Å². The molecule has 0 amide bonds. The summed E-state index contributed by atoms with van der Waals surface area (Å²) in [5, 5.41) is 10.5. The van der Waals surface area contributed by atoms with Crippen LogP contribution in [0.5, 0.6) is 0 Å². The van der Waals surface area contributed by atoms with E-state index in [2.05, 4.69) is 0 Å². The average molecular weight is 228 g/mol. The van der Waals surface area contributed by atoms with E-state index in [1.54, 1.807) is 6.08 Å². The second-order valence-corrected chi connectivity index (χ2v) is 3.72. The summed E-state index contributed by atoms with van der Waals surface area (Å²) in [7, 11) is 0. The van der Waals surface area contributed by atoms with Crippen molar-refractivity contribution in [1.82, 2.24) is 4.57 Å². The van der Waals surface area contributed by atoms with E-state index in [1.807, 2.05) is 53.4 Å². The Labute approximate surface area is 99.0 Å². The zero-order chi connectivity index (χ0) is 12.3. The van der Waals surface area contributed by atoms with Gasteiger partial charge < -0.3 is 4.57 Å². The Morgan fingerprint density at radius 3 is 2.35 bits per heavy atom. The molecule has 17 heavy (non-hydrogen) atoms. The third-order valence-corrected chi connectivity index (χ3v) is 2.46. The first kappa shape index (κ1) is 11.1. The lowest BCUT2D eigenvalue weighted by atomic mass is 10.2. The van der Waals surface area contributed by atoms with Crippen LogP contribution in [0.25, 0.3) is 11.8 Å². The number of benzene rings is 1. The maximum Gasteiger partial charge on any atom is 0.243 e. The van der Waals surface area contributed by atoms with Crippen LogP contribution < -0.4 is 0 Å². The molecular formula is C13H12N2O2. The van der Waals surface area contributed by atoms with Crippen LogP contribution in [0.4, 0.5) is 0 Å². The normalized spacial score (nSPS) is 11.5. The molecule has 0 atom stereocenters. The maximum absolute atomic E-state index is 10.5. The van der Waals surface area contributed by atoms with E-state index in [4.69, 9.17) is 0 Å². The van der Waals surface area contributed by atoms with E-state index in [1.165, 1.54) is 6.92 Å². The highest BCUT2D eigenvalue weighted by Gasteiger charge is 2.02. The van der Waals surface area contributed by atoms with Crippen molar-refractivity contribution in [2.75, 3.05) is 0 Å². The number of hydrogen-bond donors (Lipinski definition) is 0. The van der Waals surface area contributed by atoms with Crippen molar-refractivity contribution in [2.45, 2.75) is 6.92 Å². The fourth-order valence-corrected chi connectivity index (χ4v) is 1.54. The van der Waals surface area contributed by atoms with Gasteiger partial charge in [-0.25, -0.2) is 0 Å². The van der Waals surface area contributed by atoms with Crippen molar-refractivity contribution < 1.29 is 4.92 Å². The molecule has 0 unspecified atom stereocenters. The highest BCUT2D eigenvalue weighted by atomic mass is 16.6. The van der Waals surface area contributed by atoms with Crippen LogP contribution in [0.2, 0.25) is 0 Å². The van der Waals surface area contributed by atoms with Crippen LogP contribution in [0, 0.1) is 10.1 Å². The van der Waals surface area contributed by atoms with Crippen molar-refractivity contribution >= 4 is 6.08 Å². The van der Waals surface area contributed by atoms with E-state index >= 15 is 0 Å². The molecule has 0 aliphatic heterocycles. The molecule has 2 aromatic rings. The van der Waals surface area contributed by atoms with E-state index in [-0.39, 0.29) is 10.6 Å². The van der Waals surface area contributed by atoms with Crippen LogP contribution in [-0.4, -0.2) is 9.49 Å². The van der Waals surface area contributed by atoms with Crippen molar-refractivity contribution in [3.05, 3.63) is 70.2 Å². The maximum atomic E-state index is 10.5. The van der Waals surface area contributed by atoms with Crippen molar-refractivity contribution in [1.29, 1.82) is 0 Å². The zero-order valence-electron chi connectivity index (χ0n) is 9.41. The first-order valence-corrected chi connectivity index (χ1v) is 5.23. The lowest BCUT2D eigenvalue weighted by Gasteiger charge is -2.02. The Kier molecular flexibility index (Phi) is 3.05. The monoisotopic (exact) mass is 228 g/mol. The fourth-order valence-electron chi connectivity index (χ4n) is 1.54. The van der Waals surface area contributed by atoms with E-state index < -0.39 is 0 Å². The van der Waals surface area contributed by atoms with E-state index in [0.29, 0.717) is 0 Å². The lowest BCUT2D eigenvalue weighted by Crippen LogP contribution is -1.93. The molecule has 0 spiro atoms. The molecule has 86 valence electrons. The summed E-state index contributed by atoms with van der Waals surface area (Å²) in [6, 6.07) is 11.5. The topological polar surface area (TPSA) is 48.1 Å². The quantitative estimate of drug-likeness (QED) is 0.598. The van der Waals surface area contributed by atoms with Gasteiger partial charge in [-0.05, 0) is 29.8 Å². The standard InChI is InChI=1S/C13H12N2O2/c1-11(15(16)17)10-12-4-6-13(7-5-12)14-8-2-3-9-14/h2-10H,1H3.